The van der Waals surface area contributed by atoms with Crippen molar-refractivity contribution in [2.75, 3.05) is 13.2 Å². The molecule has 3 nitrogen and oxygen atoms in total. The summed E-state index contributed by atoms with van der Waals surface area (Å²) in [7, 11) is 0. The van der Waals surface area contributed by atoms with E-state index in [2.05, 4.69) is 12.2 Å². The third kappa shape index (κ3) is 4.27. The van der Waals surface area contributed by atoms with Crippen LogP contribution < -0.4 is 5.32 Å². The van der Waals surface area contributed by atoms with Crippen LogP contribution in [0.15, 0.2) is 0 Å². The van der Waals surface area contributed by atoms with Crippen LogP contribution in [0.4, 0.5) is 0 Å². The molecule has 1 saturated heterocycles. The second kappa shape index (κ2) is 7.13. The third-order valence-electron chi connectivity index (χ3n) is 4.58. The van der Waals surface area contributed by atoms with Crippen molar-refractivity contribution >= 4 is 5.91 Å². The Morgan fingerprint density at radius 1 is 1.17 bits per heavy atom. The first kappa shape index (κ1) is 13.9. The number of hydrogen-bond donors (Lipinski definition) is 1. The van der Waals surface area contributed by atoms with Gasteiger partial charge < -0.3 is 10.1 Å². The molecule has 1 aliphatic carbocycles. The van der Waals surface area contributed by atoms with Crippen molar-refractivity contribution in [2.24, 2.45) is 11.8 Å². The van der Waals surface area contributed by atoms with E-state index in [0.29, 0.717) is 24.3 Å². The van der Waals surface area contributed by atoms with Gasteiger partial charge in [-0.15, -0.1) is 0 Å². The lowest BCUT2D eigenvalue weighted by Crippen LogP contribution is -2.41. The Hall–Kier alpha value is -0.570. The Balaban J connectivity index is 1.64. The molecule has 0 radical (unpaired) electrons. The molecule has 2 rings (SSSR count). The van der Waals surface area contributed by atoms with Gasteiger partial charge in [-0.25, -0.2) is 0 Å². The lowest BCUT2D eigenvalue weighted by molar-refractivity contribution is -0.122. The monoisotopic (exact) mass is 253 g/mol. The van der Waals surface area contributed by atoms with Gasteiger partial charge >= 0.3 is 0 Å². The Bertz CT molecular complexity index is 261. The Labute approximate surface area is 111 Å². The highest BCUT2D eigenvalue weighted by atomic mass is 16.5. The molecule has 1 saturated carbocycles. The fourth-order valence-electron chi connectivity index (χ4n) is 3.18. The van der Waals surface area contributed by atoms with Crippen LogP contribution >= 0.6 is 0 Å². The van der Waals surface area contributed by atoms with E-state index in [1.54, 1.807) is 0 Å². The molecule has 2 atom stereocenters. The molecule has 1 aliphatic heterocycles. The maximum atomic E-state index is 12.0. The molecule has 104 valence electrons. The smallest absolute Gasteiger partial charge is 0.220 e. The second-order valence-corrected chi connectivity index (χ2v) is 6.03. The van der Waals surface area contributed by atoms with Crippen LogP contribution in [0, 0.1) is 11.8 Å². The Morgan fingerprint density at radius 3 is 2.61 bits per heavy atom. The van der Waals surface area contributed by atoms with Crippen molar-refractivity contribution < 1.29 is 9.53 Å². The van der Waals surface area contributed by atoms with Crippen LogP contribution in [0.2, 0.25) is 0 Å². The molecular formula is C15H27NO2. The molecule has 0 aromatic rings. The molecule has 0 aromatic heterocycles. The highest BCUT2D eigenvalue weighted by Gasteiger charge is 2.23. The molecule has 3 heteroatoms. The average Bonchev–Trinajstić information content (AvgIpc) is 2.40. The maximum absolute atomic E-state index is 12.0. The average molecular weight is 253 g/mol. The SMILES string of the molecule is CC1CCCCC1NC(=O)CCC1CCOCC1. The highest BCUT2D eigenvalue weighted by molar-refractivity contribution is 5.76. The van der Waals surface area contributed by atoms with Gasteiger partial charge in [-0.3, -0.25) is 4.79 Å². The van der Waals surface area contributed by atoms with Crippen molar-refractivity contribution in [3.8, 4) is 0 Å². The van der Waals surface area contributed by atoms with Gasteiger partial charge in [0.25, 0.3) is 0 Å². The van der Waals surface area contributed by atoms with Crippen LogP contribution in [0.5, 0.6) is 0 Å². The van der Waals surface area contributed by atoms with E-state index in [4.69, 9.17) is 4.74 Å². The van der Waals surface area contributed by atoms with E-state index in [1.807, 2.05) is 0 Å². The molecule has 1 amide bonds. The van der Waals surface area contributed by atoms with Gasteiger partial charge in [0.05, 0.1) is 0 Å². The normalized spacial score (nSPS) is 30.1. The number of rotatable bonds is 4. The lowest BCUT2D eigenvalue weighted by atomic mass is 9.86. The fraction of sp³-hybridized carbons (Fsp3) is 0.933. The van der Waals surface area contributed by atoms with Crippen molar-refractivity contribution in [3.63, 3.8) is 0 Å². The summed E-state index contributed by atoms with van der Waals surface area (Å²) in [6.07, 6.45) is 9.05. The summed E-state index contributed by atoms with van der Waals surface area (Å²) >= 11 is 0. The van der Waals surface area contributed by atoms with Gasteiger partial charge in [0.1, 0.15) is 0 Å². The number of hydrogen-bond acceptors (Lipinski definition) is 2. The van der Waals surface area contributed by atoms with Gasteiger partial charge in [0.15, 0.2) is 0 Å². The molecule has 2 aliphatic rings. The topological polar surface area (TPSA) is 38.3 Å². The maximum Gasteiger partial charge on any atom is 0.220 e. The molecule has 18 heavy (non-hydrogen) atoms. The second-order valence-electron chi connectivity index (χ2n) is 6.03. The minimum atomic E-state index is 0.264. The molecule has 0 spiro atoms. The zero-order valence-electron chi connectivity index (χ0n) is 11.6. The van der Waals surface area contributed by atoms with Crippen LogP contribution in [-0.2, 0) is 9.53 Å². The van der Waals surface area contributed by atoms with E-state index in [-0.39, 0.29) is 5.91 Å². The summed E-state index contributed by atoms with van der Waals surface area (Å²) in [6.45, 7) is 4.03. The third-order valence-corrected chi connectivity index (χ3v) is 4.58. The molecule has 2 unspecified atom stereocenters. The molecule has 1 N–H and O–H groups in total. The van der Waals surface area contributed by atoms with Crippen molar-refractivity contribution in [1.82, 2.24) is 5.32 Å². The summed E-state index contributed by atoms with van der Waals surface area (Å²) in [5.41, 5.74) is 0. The Kier molecular flexibility index (Phi) is 5.48. The molecule has 2 fully saturated rings. The van der Waals surface area contributed by atoms with E-state index >= 15 is 0 Å². The summed E-state index contributed by atoms with van der Waals surface area (Å²) in [4.78, 5) is 12.0. The molecule has 0 aromatic carbocycles. The van der Waals surface area contributed by atoms with Crippen LogP contribution in [0.3, 0.4) is 0 Å². The quantitative estimate of drug-likeness (QED) is 0.836. The number of carbonyl (C=O) groups excluding carboxylic acids is 1. The first-order valence-electron chi connectivity index (χ1n) is 7.63. The molecule has 0 bridgehead atoms. The molecular weight excluding hydrogens is 226 g/mol. The van der Waals surface area contributed by atoms with Gasteiger partial charge in [-0.05, 0) is 43.9 Å². The van der Waals surface area contributed by atoms with E-state index in [1.165, 1.54) is 25.7 Å². The minimum absolute atomic E-state index is 0.264. The van der Waals surface area contributed by atoms with Crippen molar-refractivity contribution in [3.05, 3.63) is 0 Å². The predicted molar refractivity (Wildman–Crippen MR) is 72.3 cm³/mol. The summed E-state index contributed by atoms with van der Waals surface area (Å²) in [6, 6.07) is 0.431. The summed E-state index contributed by atoms with van der Waals surface area (Å²) in [5.74, 6) is 1.62. The Morgan fingerprint density at radius 2 is 1.89 bits per heavy atom. The summed E-state index contributed by atoms with van der Waals surface area (Å²) in [5, 5.41) is 3.24. The first-order valence-corrected chi connectivity index (χ1v) is 7.63. The minimum Gasteiger partial charge on any atom is -0.381 e. The number of carbonyl (C=O) groups is 1. The van der Waals surface area contributed by atoms with Crippen LogP contribution in [0.25, 0.3) is 0 Å². The summed E-state index contributed by atoms with van der Waals surface area (Å²) < 4.78 is 5.34. The standard InChI is InChI=1S/C15H27NO2/c1-12-4-2-3-5-14(12)16-15(17)7-6-13-8-10-18-11-9-13/h12-14H,2-11H2,1H3,(H,16,17). The molecule has 1 heterocycles. The van der Waals surface area contributed by atoms with Crippen LogP contribution in [-0.4, -0.2) is 25.2 Å². The van der Waals surface area contributed by atoms with Gasteiger partial charge in [-0.2, -0.15) is 0 Å². The van der Waals surface area contributed by atoms with Crippen LogP contribution in [0.1, 0.15) is 58.3 Å². The number of ether oxygens (including phenoxy) is 1. The van der Waals surface area contributed by atoms with E-state index in [9.17, 15) is 4.79 Å². The zero-order valence-corrected chi connectivity index (χ0v) is 11.6. The lowest BCUT2D eigenvalue weighted by Gasteiger charge is -2.30. The number of nitrogens with one attached hydrogen (secondary N) is 1. The predicted octanol–water partition coefficient (Wildman–Crippen LogP) is 2.89. The largest absolute Gasteiger partial charge is 0.381 e. The highest BCUT2D eigenvalue weighted by Crippen LogP contribution is 2.24. The first-order chi connectivity index (χ1) is 8.75. The van der Waals surface area contributed by atoms with Gasteiger partial charge in [-0.1, -0.05) is 19.8 Å². The zero-order chi connectivity index (χ0) is 12.8. The van der Waals surface area contributed by atoms with E-state index in [0.717, 1.165) is 32.5 Å². The van der Waals surface area contributed by atoms with Gasteiger partial charge in [0.2, 0.25) is 5.91 Å². The van der Waals surface area contributed by atoms with Gasteiger partial charge in [0, 0.05) is 25.7 Å². The number of amides is 1. The van der Waals surface area contributed by atoms with Crippen molar-refractivity contribution in [1.29, 1.82) is 0 Å². The van der Waals surface area contributed by atoms with Crippen molar-refractivity contribution in [2.45, 2.75) is 64.3 Å². The van der Waals surface area contributed by atoms with E-state index < -0.39 is 0 Å². The fourth-order valence-corrected chi connectivity index (χ4v) is 3.18.